The summed E-state index contributed by atoms with van der Waals surface area (Å²) in [5.41, 5.74) is 4.75. The average molecular weight is 592 g/mol. The van der Waals surface area contributed by atoms with E-state index in [-0.39, 0.29) is 18.4 Å². The van der Waals surface area contributed by atoms with Gasteiger partial charge in [0.25, 0.3) is 5.91 Å². The SMILES string of the molecule is COC(=O)CNCCn1nc(C(=O)NCc2cccc3ccccc23)c2c1CCN(Cc1ccc(OC)c3ccccc13)C2. The van der Waals surface area contributed by atoms with Crippen LogP contribution < -0.4 is 15.4 Å². The fourth-order valence-corrected chi connectivity index (χ4v) is 6.09. The molecule has 0 unspecified atom stereocenters. The maximum Gasteiger partial charge on any atom is 0.319 e. The molecule has 4 aromatic carbocycles. The van der Waals surface area contributed by atoms with E-state index in [0.29, 0.717) is 31.9 Å². The largest absolute Gasteiger partial charge is 0.496 e. The standard InChI is InChI=1S/C35H37N5O4/c1-43-32-15-14-26(28-12-5-6-13-29(28)32)22-39-18-16-31-30(23-39)34(38-40(31)19-17-36-21-33(41)44-2)35(42)37-20-25-10-7-9-24-8-3-4-11-27(24)25/h3-15,36H,16-23H2,1-2H3,(H,37,42). The summed E-state index contributed by atoms with van der Waals surface area (Å²) in [5.74, 6) is 0.354. The van der Waals surface area contributed by atoms with E-state index in [1.165, 1.54) is 12.7 Å². The Morgan fingerprint density at radius 2 is 1.66 bits per heavy atom. The molecule has 0 spiro atoms. The molecule has 0 bridgehead atoms. The van der Waals surface area contributed by atoms with Gasteiger partial charge in [0.15, 0.2) is 5.69 Å². The summed E-state index contributed by atoms with van der Waals surface area (Å²) in [5, 5.41) is 15.6. The number of benzene rings is 4. The zero-order chi connectivity index (χ0) is 30.5. The molecule has 2 heterocycles. The number of methoxy groups -OCH3 is 2. The first-order chi connectivity index (χ1) is 21.6. The minimum Gasteiger partial charge on any atom is -0.496 e. The van der Waals surface area contributed by atoms with Crippen molar-refractivity contribution >= 4 is 33.4 Å². The van der Waals surface area contributed by atoms with E-state index < -0.39 is 0 Å². The molecule has 2 N–H and O–H groups in total. The molecule has 0 radical (unpaired) electrons. The maximum absolute atomic E-state index is 13.7. The normalized spacial score (nSPS) is 13.1. The Balaban J connectivity index is 1.24. The van der Waals surface area contributed by atoms with Crippen LogP contribution in [0.3, 0.4) is 0 Å². The molecular formula is C35H37N5O4. The van der Waals surface area contributed by atoms with Crippen LogP contribution in [-0.2, 0) is 42.1 Å². The quantitative estimate of drug-likeness (QED) is 0.173. The highest BCUT2D eigenvalue weighted by Gasteiger charge is 2.28. The van der Waals surface area contributed by atoms with E-state index in [9.17, 15) is 9.59 Å². The number of hydrogen-bond donors (Lipinski definition) is 2. The lowest BCUT2D eigenvalue weighted by molar-refractivity contribution is -0.139. The van der Waals surface area contributed by atoms with Crippen molar-refractivity contribution < 1.29 is 19.1 Å². The molecule has 6 rings (SSSR count). The van der Waals surface area contributed by atoms with Crippen LogP contribution in [-0.4, -0.2) is 60.4 Å². The minimum atomic E-state index is -0.317. The highest BCUT2D eigenvalue weighted by Crippen LogP contribution is 2.31. The van der Waals surface area contributed by atoms with Crippen LogP contribution in [0.1, 0.15) is 32.9 Å². The third-order valence-electron chi connectivity index (χ3n) is 8.33. The third-order valence-corrected chi connectivity index (χ3v) is 8.33. The molecule has 0 aliphatic carbocycles. The molecule has 5 aromatic rings. The van der Waals surface area contributed by atoms with E-state index >= 15 is 0 Å². The highest BCUT2D eigenvalue weighted by atomic mass is 16.5. The minimum absolute atomic E-state index is 0.127. The van der Waals surface area contributed by atoms with Crippen molar-refractivity contribution in [3.8, 4) is 5.75 Å². The number of esters is 1. The number of fused-ring (bicyclic) bond motifs is 3. The van der Waals surface area contributed by atoms with E-state index in [4.69, 9.17) is 14.6 Å². The lowest BCUT2D eigenvalue weighted by Gasteiger charge is -2.28. The van der Waals surface area contributed by atoms with Gasteiger partial charge in [0, 0.05) is 55.8 Å². The van der Waals surface area contributed by atoms with Crippen LogP contribution in [0.15, 0.2) is 78.9 Å². The predicted octanol–water partition coefficient (Wildman–Crippen LogP) is 4.45. The van der Waals surface area contributed by atoms with E-state index in [1.807, 2.05) is 41.1 Å². The first kappa shape index (κ1) is 29.3. The molecule has 9 heteroatoms. The number of hydrogen-bond acceptors (Lipinski definition) is 7. The highest BCUT2D eigenvalue weighted by molar-refractivity contribution is 5.95. The third kappa shape index (κ3) is 6.15. The van der Waals surface area contributed by atoms with Gasteiger partial charge in [-0.3, -0.25) is 19.2 Å². The molecule has 0 atom stereocenters. The topological polar surface area (TPSA) is 97.7 Å². The van der Waals surface area contributed by atoms with Crippen molar-refractivity contribution in [1.29, 1.82) is 0 Å². The Bertz CT molecular complexity index is 1810. The van der Waals surface area contributed by atoms with Gasteiger partial charge < -0.3 is 20.1 Å². The fourth-order valence-electron chi connectivity index (χ4n) is 6.09. The first-order valence-electron chi connectivity index (χ1n) is 14.9. The summed E-state index contributed by atoms with van der Waals surface area (Å²) in [4.78, 5) is 27.6. The molecule has 1 aliphatic rings. The zero-order valence-electron chi connectivity index (χ0n) is 25.1. The van der Waals surface area contributed by atoms with Crippen LogP contribution >= 0.6 is 0 Å². The lowest BCUT2D eigenvalue weighted by Crippen LogP contribution is -2.33. The van der Waals surface area contributed by atoms with Crippen LogP contribution in [0.4, 0.5) is 0 Å². The molecule has 226 valence electrons. The summed E-state index contributed by atoms with van der Waals surface area (Å²) in [6.07, 6.45) is 0.768. The summed E-state index contributed by atoms with van der Waals surface area (Å²) in [7, 11) is 3.07. The number of rotatable bonds is 11. The molecule has 1 aromatic heterocycles. The predicted molar refractivity (Wildman–Crippen MR) is 171 cm³/mol. The Morgan fingerprint density at radius 3 is 2.48 bits per heavy atom. The Labute approximate surface area is 256 Å². The fraction of sp³-hybridized carbons (Fsp3) is 0.286. The van der Waals surface area contributed by atoms with Gasteiger partial charge in [-0.1, -0.05) is 72.8 Å². The second-order valence-corrected chi connectivity index (χ2v) is 11.0. The summed E-state index contributed by atoms with van der Waals surface area (Å²) < 4.78 is 12.3. The number of nitrogens with zero attached hydrogens (tertiary/aromatic N) is 3. The van der Waals surface area contributed by atoms with Crippen molar-refractivity contribution in [2.24, 2.45) is 0 Å². The van der Waals surface area contributed by atoms with Gasteiger partial charge in [0.2, 0.25) is 0 Å². The van der Waals surface area contributed by atoms with Crippen molar-refractivity contribution in [2.75, 3.05) is 33.9 Å². The Morgan fingerprint density at radius 1 is 0.886 bits per heavy atom. The summed E-state index contributed by atoms with van der Waals surface area (Å²) in [6, 6.07) is 26.8. The second kappa shape index (κ2) is 13.3. The Kier molecular flexibility index (Phi) is 8.86. The van der Waals surface area contributed by atoms with Crippen molar-refractivity contribution in [3.05, 3.63) is 107 Å². The molecule has 0 saturated carbocycles. The van der Waals surface area contributed by atoms with Crippen molar-refractivity contribution in [2.45, 2.75) is 32.6 Å². The molecule has 1 aliphatic heterocycles. The van der Waals surface area contributed by atoms with Crippen LogP contribution in [0.25, 0.3) is 21.5 Å². The van der Waals surface area contributed by atoms with Gasteiger partial charge in [0.05, 0.1) is 27.3 Å². The van der Waals surface area contributed by atoms with Crippen molar-refractivity contribution in [1.82, 2.24) is 25.3 Å². The molecule has 1 amide bonds. The van der Waals surface area contributed by atoms with Gasteiger partial charge in [0.1, 0.15) is 5.75 Å². The number of ether oxygens (including phenoxy) is 2. The van der Waals surface area contributed by atoms with Gasteiger partial charge in [-0.2, -0.15) is 5.10 Å². The zero-order valence-corrected chi connectivity index (χ0v) is 25.1. The van der Waals surface area contributed by atoms with E-state index in [0.717, 1.165) is 63.6 Å². The second-order valence-electron chi connectivity index (χ2n) is 11.0. The molecule has 9 nitrogen and oxygen atoms in total. The summed E-state index contributed by atoms with van der Waals surface area (Å²) >= 11 is 0. The van der Waals surface area contributed by atoms with Crippen LogP contribution in [0, 0.1) is 0 Å². The van der Waals surface area contributed by atoms with E-state index in [2.05, 4.69) is 58.0 Å². The molecule has 0 fully saturated rings. The summed E-state index contributed by atoms with van der Waals surface area (Å²) in [6.45, 7) is 3.80. The number of carbonyl (C=O) groups excluding carboxylic acids is 2. The van der Waals surface area contributed by atoms with Gasteiger partial charge in [-0.15, -0.1) is 0 Å². The lowest BCUT2D eigenvalue weighted by atomic mass is 10.0. The number of nitrogens with one attached hydrogen (secondary N) is 2. The number of aromatic nitrogens is 2. The van der Waals surface area contributed by atoms with Crippen LogP contribution in [0.2, 0.25) is 0 Å². The molecular weight excluding hydrogens is 554 g/mol. The smallest absolute Gasteiger partial charge is 0.319 e. The Hall–Kier alpha value is -4.73. The average Bonchev–Trinajstić information content (AvgIpc) is 3.43. The van der Waals surface area contributed by atoms with Gasteiger partial charge in [-0.25, -0.2) is 0 Å². The molecule has 44 heavy (non-hydrogen) atoms. The molecule has 0 saturated heterocycles. The first-order valence-corrected chi connectivity index (χ1v) is 14.9. The van der Waals surface area contributed by atoms with Crippen LogP contribution in [0.5, 0.6) is 5.75 Å². The number of carbonyl (C=O) groups is 2. The monoisotopic (exact) mass is 591 g/mol. The van der Waals surface area contributed by atoms with Crippen molar-refractivity contribution in [3.63, 3.8) is 0 Å². The van der Waals surface area contributed by atoms with Gasteiger partial charge in [-0.05, 0) is 33.4 Å². The number of amides is 1. The van der Waals surface area contributed by atoms with E-state index in [1.54, 1.807) is 7.11 Å². The van der Waals surface area contributed by atoms with Gasteiger partial charge >= 0.3 is 5.97 Å². The maximum atomic E-state index is 13.7.